The minimum absolute atomic E-state index is 0.552. The average molecular weight is 539 g/mol. The molecule has 7 heteroatoms. The second-order valence-corrected chi connectivity index (χ2v) is 9.43. The molecule has 0 saturated carbocycles. The SMILES string of the molecule is CCC(=N)c1ccc(-c2cc(NCc3cc(OC)cc(OC)c3)ccc2CC)nc1NCc1ccc(OC)cc1. The second kappa shape index (κ2) is 13.5. The van der Waals surface area contributed by atoms with E-state index in [1.165, 1.54) is 5.56 Å². The van der Waals surface area contributed by atoms with Crippen molar-refractivity contribution in [1.82, 2.24) is 4.98 Å². The Morgan fingerprint density at radius 2 is 1.40 bits per heavy atom. The smallest absolute Gasteiger partial charge is 0.136 e. The maximum absolute atomic E-state index is 8.51. The molecule has 0 radical (unpaired) electrons. The van der Waals surface area contributed by atoms with Gasteiger partial charge in [-0.25, -0.2) is 4.98 Å². The molecule has 0 aliphatic heterocycles. The van der Waals surface area contributed by atoms with Gasteiger partial charge in [0.15, 0.2) is 0 Å². The molecule has 0 amide bonds. The first-order chi connectivity index (χ1) is 19.5. The van der Waals surface area contributed by atoms with Crippen molar-refractivity contribution in [2.45, 2.75) is 39.8 Å². The number of hydrogen-bond acceptors (Lipinski definition) is 7. The van der Waals surface area contributed by atoms with E-state index in [9.17, 15) is 0 Å². The van der Waals surface area contributed by atoms with E-state index in [2.05, 4.69) is 35.8 Å². The lowest BCUT2D eigenvalue weighted by atomic mass is 9.99. The summed E-state index contributed by atoms with van der Waals surface area (Å²) in [7, 11) is 4.97. The number of methoxy groups -OCH3 is 3. The zero-order chi connectivity index (χ0) is 28.5. The van der Waals surface area contributed by atoms with Gasteiger partial charge in [-0.15, -0.1) is 0 Å². The number of anilines is 2. The normalized spacial score (nSPS) is 10.6. The van der Waals surface area contributed by atoms with E-state index in [-0.39, 0.29) is 0 Å². The van der Waals surface area contributed by atoms with Crippen molar-refractivity contribution in [3.63, 3.8) is 0 Å². The summed E-state index contributed by atoms with van der Waals surface area (Å²) in [5.74, 6) is 3.05. The molecule has 3 aromatic carbocycles. The van der Waals surface area contributed by atoms with Crippen LogP contribution < -0.4 is 24.8 Å². The van der Waals surface area contributed by atoms with Crippen LogP contribution in [-0.4, -0.2) is 32.0 Å². The number of aromatic nitrogens is 1. The van der Waals surface area contributed by atoms with Crippen LogP contribution in [0.3, 0.4) is 0 Å². The van der Waals surface area contributed by atoms with Gasteiger partial charge in [0.1, 0.15) is 23.1 Å². The number of hydrogen-bond donors (Lipinski definition) is 3. The second-order valence-electron chi connectivity index (χ2n) is 9.43. The van der Waals surface area contributed by atoms with Crippen molar-refractivity contribution in [2.75, 3.05) is 32.0 Å². The van der Waals surface area contributed by atoms with Crippen molar-refractivity contribution in [1.29, 1.82) is 5.41 Å². The Labute approximate surface area is 237 Å². The largest absolute Gasteiger partial charge is 0.497 e. The molecule has 0 unspecified atom stereocenters. The van der Waals surface area contributed by atoms with Gasteiger partial charge in [0.2, 0.25) is 0 Å². The summed E-state index contributed by atoms with van der Waals surface area (Å²) in [4.78, 5) is 5.04. The van der Waals surface area contributed by atoms with Crippen LogP contribution in [-0.2, 0) is 19.5 Å². The first-order valence-electron chi connectivity index (χ1n) is 13.5. The molecule has 0 saturated heterocycles. The zero-order valence-electron chi connectivity index (χ0n) is 23.9. The molecule has 0 atom stereocenters. The summed E-state index contributed by atoms with van der Waals surface area (Å²) in [6, 6.07) is 24.2. The molecule has 7 nitrogen and oxygen atoms in total. The summed E-state index contributed by atoms with van der Waals surface area (Å²) in [6.45, 7) is 5.36. The summed E-state index contributed by atoms with van der Waals surface area (Å²) < 4.78 is 16.1. The van der Waals surface area contributed by atoms with Gasteiger partial charge in [-0.05, 0) is 78.1 Å². The molecule has 0 aliphatic rings. The third-order valence-corrected chi connectivity index (χ3v) is 6.87. The summed E-state index contributed by atoms with van der Waals surface area (Å²) in [6.07, 6.45) is 1.51. The van der Waals surface area contributed by atoms with Crippen LogP contribution in [0.2, 0.25) is 0 Å². The number of ether oxygens (including phenoxy) is 3. The van der Waals surface area contributed by atoms with Crippen LogP contribution in [0, 0.1) is 5.41 Å². The monoisotopic (exact) mass is 538 g/mol. The molecular formula is C33H38N4O3. The van der Waals surface area contributed by atoms with Gasteiger partial charge in [-0.3, -0.25) is 0 Å². The van der Waals surface area contributed by atoms with Crippen LogP contribution in [0.25, 0.3) is 11.3 Å². The van der Waals surface area contributed by atoms with Gasteiger partial charge in [-0.1, -0.05) is 32.0 Å². The number of nitrogens with zero attached hydrogens (tertiary/aromatic N) is 1. The fraction of sp³-hybridized carbons (Fsp3) is 0.273. The van der Waals surface area contributed by atoms with Gasteiger partial charge in [0, 0.05) is 41.7 Å². The third-order valence-electron chi connectivity index (χ3n) is 6.87. The number of benzene rings is 3. The molecule has 0 fully saturated rings. The summed E-state index contributed by atoms with van der Waals surface area (Å²) in [5.41, 5.74) is 7.68. The number of nitrogens with one attached hydrogen (secondary N) is 3. The maximum atomic E-state index is 8.51. The molecule has 4 aromatic rings. The Morgan fingerprint density at radius 1 is 0.725 bits per heavy atom. The average Bonchev–Trinajstić information content (AvgIpc) is 3.02. The van der Waals surface area contributed by atoms with Crippen LogP contribution >= 0.6 is 0 Å². The van der Waals surface area contributed by atoms with Crippen LogP contribution in [0.4, 0.5) is 11.5 Å². The van der Waals surface area contributed by atoms with Gasteiger partial charge >= 0.3 is 0 Å². The lowest BCUT2D eigenvalue weighted by Crippen LogP contribution is -2.09. The van der Waals surface area contributed by atoms with E-state index < -0.39 is 0 Å². The highest BCUT2D eigenvalue weighted by atomic mass is 16.5. The summed E-state index contributed by atoms with van der Waals surface area (Å²) in [5, 5.41) is 15.5. The highest BCUT2D eigenvalue weighted by Crippen LogP contribution is 2.30. The van der Waals surface area contributed by atoms with E-state index in [0.717, 1.165) is 57.3 Å². The molecule has 208 valence electrons. The highest BCUT2D eigenvalue weighted by Gasteiger charge is 2.14. The van der Waals surface area contributed by atoms with Crippen molar-refractivity contribution in [2.24, 2.45) is 0 Å². The number of pyridine rings is 1. The topological polar surface area (TPSA) is 88.5 Å². The van der Waals surface area contributed by atoms with Gasteiger partial charge in [-0.2, -0.15) is 0 Å². The van der Waals surface area contributed by atoms with Crippen molar-refractivity contribution in [3.8, 4) is 28.5 Å². The number of rotatable bonds is 13. The molecule has 0 aliphatic carbocycles. The Morgan fingerprint density at radius 3 is 2.02 bits per heavy atom. The standard InChI is InChI=1S/C33H38N4O3/c1-6-24-10-11-25(35-21-23-16-27(39-4)19-28(17-23)40-5)18-30(24)32-15-14-29(31(34)7-2)33(37-32)36-20-22-8-12-26(38-3)13-9-22/h8-19,34-35H,6-7,20-21H2,1-5H3,(H,36,37). The first kappa shape index (κ1) is 28.5. The molecule has 40 heavy (non-hydrogen) atoms. The predicted octanol–water partition coefficient (Wildman–Crippen LogP) is 7.34. The molecule has 4 rings (SSSR count). The first-order valence-corrected chi connectivity index (χ1v) is 13.5. The number of aryl methyl sites for hydroxylation is 1. The van der Waals surface area contributed by atoms with E-state index in [4.69, 9.17) is 24.6 Å². The minimum atomic E-state index is 0.552. The van der Waals surface area contributed by atoms with E-state index >= 15 is 0 Å². The lowest BCUT2D eigenvalue weighted by Gasteiger charge is -2.16. The van der Waals surface area contributed by atoms with Crippen molar-refractivity contribution >= 4 is 17.2 Å². The molecule has 3 N–H and O–H groups in total. The molecule has 0 bridgehead atoms. The van der Waals surface area contributed by atoms with E-state index in [0.29, 0.717) is 31.0 Å². The Hall–Kier alpha value is -4.52. The van der Waals surface area contributed by atoms with E-state index in [1.54, 1.807) is 21.3 Å². The van der Waals surface area contributed by atoms with Crippen LogP contribution in [0.1, 0.15) is 42.5 Å². The Kier molecular flexibility index (Phi) is 9.62. The summed E-state index contributed by atoms with van der Waals surface area (Å²) >= 11 is 0. The van der Waals surface area contributed by atoms with Gasteiger partial charge in [0.25, 0.3) is 0 Å². The van der Waals surface area contributed by atoms with Crippen molar-refractivity contribution in [3.05, 3.63) is 95.1 Å². The highest BCUT2D eigenvalue weighted by molar-refractivity contribution is 6.02. The zero-order valence-corrected chi connectivity index (χ0v) is 23.9. The minimum Gasteiger partial charge on any atom is -0.497 e. The van der Waals surface area contributed by atoms with Gasteiger partial charge in [0.05, 0.1) is 27.0 Å². The predicted molar refractivity (Wildman–Crippen MR) is 163 cm³/mol. The molecule has 0 spiro atoms. The van der Waals surface area contributed by atoms with E-state index in [1.807, 2.05) is 61.5 Å². The maximum Gasteiger partial charge on any atom is 0.136 e. The molecule has 1 aromatic heterocycles. The quantitative estimate of drug-likeness (QED) is 0.154. The van der Waals surface area contributed by atoms with Crippen LogP contribution in [0.15, 0.2) is 72.8 Å². The third kappa shape index (κ3) is 6.91. The Balaban J connectivity index is 1.61. The Bertz CT molecular complexity index is 1430. The van der Waals surface area contributed by atoms with Crippen LogP contribution in [0.5, 0.6) is 17.2 Å². The van der Waals surface area contributed by atoms with Gasteiger partial charge < -0.3 is 30.3 Å². The fourth-order valence-electron chi connectivity index (χ4n) is 4.51. The lowest BCUT2D eigenvalue weighted by molar-refractivity contribution is 0.393. The molecule has 1 heterocycles. The fourth-order valence-corrected chi connectivity index (χ4v) is 4.51. The van der Waals surface area contributed by atoms with Crippen molar-refractivity contribution < 1.29 is 14.2 Å². The molecular weight excluding hydrogens is 500 g/mol.